The molecule has 0 spiro atoms. The Balaban J connectivity index is 0.00000162. The van der Waals surface area contributed by atoms with E-state index >= 15 is 0 Å². The Kier molecular flexibility index (Phi) is 11.2. The molecule has 4 aromatic rings. The van der Waals surface area contributed by atoms with Crippen molar-refractivity contribution in [2.75, 3.05) is 19.0 Å². The number of aliphatic imine (C=N–C) groups is 1. The maximum Gasteiger partial charge on any atom is 0.405 e. The number of nitrogens with zero attached hydrogens (tertiary/aromatic N) is 2. The average molecular weight is 597 g/mol. The average Bonchev–Trinajstić information content (AvgIpc) is 2.98. The van der Waals surface area contributed by atoms with Crippen molar-refractivity contribution in [1.29, 1.82) is 0 Å². The Morgan fingerprint density at radius 1 is 0.977 bits per heavy atom. The van der Waals surface area contributed by atoms with E-state index < -0.39 is 18.6 Å². The minimum atomic E-state index is -4.52. The summed E-state index contributed by atoms with van der Waals surface area (Å²) in [6, 6.07) is 22.0. The van der Waals surface area contributed by atoms with E-state index in [-0.39, 0.29) is 29.5 Å². The van der Waals surface area contributed by atoms with Crippen LogP contribution in [-0.2, 0) is 11.2 Å². The molecule has 0 aliphatic rings. The summed E-state index contributed by atoms with van der Waals surface area (Å²) in [5.41, 5.74) is 14.5. The Bertz CT molecular complexity index is 1540. The van der Waals surface area contributed by atoms with Crippen molar-refractivity contribution >= 4 is 29.8 Å². The molecule has 224 valence electrons. The molecule has 0 radical (unpaired) electrons. The second kappa shape index (κ2) is 15.0. The first-order valence-electron chi connectivity index (χ1n) is 12.6. The second-order valence-electron chi connectivity index (χ2n) is 8.88. The van der Waals surface area contributed by atoms with Crippen molar-refractivity contribution in [3.8, 4) is 16.9 Å². The molecule has 43 heavy (non-hydrogen) atoms. The number of rotatable bonds is 8. The standard InChI is InChI=1S/C29H25F4N5O2.CH3NO/c1-40-25-15-21(27(39)36-17-29(31,32)33)8-12-24(25)37-28(34)38-26-13-9-22(16-35-26)20-6-2-18(3-7-20)14-19-4-10-23(30)11-5-19;2-1-3/h2-13,15-16H,14,17H2,1H3,(H,36,39)(H3,34,35,37,38);1H,(H2,2,3). The molecule has 4 rings (SSSR count). The lowest BCUT2D eigenvalue weighted by Crippen LogP contribution is -2.33. The number of ether oxygens (including phenoxy) is 1. The number of nitrogens with one attached hydrogen (secondary N) is 2. The van der Waals surface area contributed by atoms with E-state index in [1.165, 1.54) is 37.4 Å². The van der Waals surface area contributed by atoms with Crippen LogP contribution in [0.25, 0.3) is 11.1 Å². The molecule has 0 aliphatic carbocycles. The molecule has 0 saturated carbocycles. The molecule has 13 heteroatoms. The smallest absolute Gasteiger partial charge is 0.405 e. The lowest BCUT2D eigenvalue weighted by molar-refractivity contribution is -0.123. The molecule has 2 amide bonds. The van der Waals surface area contributed by atoms with Crippen molar-refractivity contribution in [2.45, 2.75) is 12.6 Å². The minimum Gasteiger partial charge on any atom is -0.495 e. The zero-order valence-corrected chi connectivity index (χ0v) is 22.9. The predicted octanol–water partition coefficient (Wildman–Crippen LogP) is 4.94. The van der Waals surface area contributed by atoms with E-state index in [2.05, 4.69) is 21.0 Å². The van der Waals surface area contributed by atoms with Crippen LogP contribution in [0, 0.1) is 5.82 Å². The second-order valence-corrected chi connectivity index (χ2v) is 8.88. The lowest BCUT2D eigenvalue weighted by atomic mass is 10.0. The fraction of sp³-hybridized carbons (Fsp3) is 0.133. The van der Waals surface area contributed by atoms with Gasteiger partial charge in [-0.05, 0) is 65.6 Å². The number of alkyl halides is 3. The van der Waals surface area contributed by atoms with Crippen molar-refractivity contribution < 1.29 is 31.9 Å². The monoisotopic (exact) mass is 596 g/mol. The number of carbonyl (C=O) groups excluding carboxylic acids is 2. The summed E-state index contributed by atoms with van der Waals surface area (Å²) in [6.45, 7) is -1.44. The fourth-order valence-electron chi connectivity index (χ4n) is 3.78. The summed E-state index contributed by atoms with van der Waals surface area (Å²) >= 11 is 0. The van der Waals surface area contributed by atoms with E-state index in [4.69, 9.17) is 15.3 Å². The van der Waals surface area contributed by atoms with Crippen LogP contribution in [0.2, 0.25) is 0 Å². The van der Waals surface area contributed by atoms with Gasteiger partial charge in [-0.2, -0.15) is 18.2 Å². The van der Waals surface area contributed by atoms with Gasteiger partial charge >= 0.3 is 6.18 Å². The van der Waals surface area contributed by atoms with E-state index in [1.54, 1.807) is 29.7 Å². The third kappa shape index (κ3) is 10.1. The summed E-state index contributed by atoms with van der Waals surface area (Å²) in [7, 11) is 1.35. The zero-order valence-electron chi connectivity index (χ0n) is 22.9. The molecule has 1 aromatic heterocycles. The van der Waals surface area contributed by atoms with Gasteiger partial charge in [-0.1, -0.05) is 36.4 Å². The number of hydrogen-bond donors (Lipinski definition) is 4. The fourth-order valence-corrected chi connectivity index (χ4v) is 3.78. The summed E-state index contributed by atoms with van der Waals surface area (Å²) in [5.74, 6) is -0.650. The molecule has 0 atom stereocenters. The number of hydrogen-bond acceptors (Lipinski definition) is 5. The molecule has 0 aliphatic heterocycles. The highest BCUT2D eigenvalue weighted by molar-refractivity contribution is 5.98. The Morgan fingerprint density at radius 2 is 1.58 bits per heavy atom. The number of halogens is 4. The van der Waals surface area contributed by atoms with Gasteiger partial charge in [0.25, 0.3) is 5.91 Å². The summed E-state index contributed by atoms with van der Waals surface area (Å²) in [4.78, 5) is 29.2. The van der Waals surface area contributed by atoms with Crippen molar-refractivity contribution in [3.05, 3.63) is 108 Å². The topological polar surface area (TPSA) is 145 Å². The lowest BCUT2D eigenvalue weighted by Gasteiger charge is -2.13. The van der Waals surface area contributed by atoms with Crippen LogP contribution in [0.5, 0.6) is 5.75 Å². The van der Waals surface area contributed by atoms with Crippen LogP contribution in [0.4, 0.5) is 29.1 Å². The van der Waals surface area contributed by atoms with Gasteiger partial charge < -0.3 is 26.8 Å². The Hall–Kier alpha value is -5.46. The number of nitrogens with two attached hydrogens (primary N) is 2. The third-order valence-electron chi connectivity index (χ3n) is 5.77. The molecule has 1 heterocycles. The van der Waals surface area contributed by atoms with Crippen molar-refractivity contribution in [2.24, 2.45) is 16.5 Å². The third-order valence-corrected chi connectivity index (χ3v) is 5.77. The number of amides is 2. The van der Waals surface area contributed by atoms with Crippen LogP contribution in [-0.4, -0.2) is 43.1 Å². The van der Waals surface area contributed by atoms with Gasteiger partial charge in [-0.25, -0.2) is 9.37 Å². The van der Waals surface area contributed by atoms with E-state index in [0.717, 1.165) is 22.3 Å². The van der Waals surface area contributed by atoms with Crippen molar-refractivity contribution in [1.82, 2.24) is 10.3 Å². The Morgan fingerprint density at radius 3 is 2.14 bits per heavy atom. The summed E-state index contributed by atoms with van der Waals surface area (Å²) < 4.78 is 55.5. The van der Waals surface area contributed by atoms with Gasteiger partial charge in [0, 0.05) is 17.3 Å². The van der Waals surface area contributed by atoms with Gasteiger partial charge in [-0.15, -0.1) is 0 Å². The first kappa shape index (κ1) is 32.1. The van der Waals surface area contributed by atoms with E-state index in [0.29, 0.717) is 17.9 Å². The highest BCUT2D eigenvalue weighted by Crippen LogP contribution is 2.26. The van der Waals surface area contributed by atoms with E-state index in [1.807, 2.05) is 30.3 Å². The van der Waals surface area contributed by atoms with Crippen LogP contribution >= 0.6 is 0 Å². The highest BCUT2D eigenvalue weighted by atomic mass is 19.4. The van der Waals surface area contributed by atoms with Crippen LogP contribution < -0.4 is 26.8 Å². The maximum absolute atomic E-state index is 13.1. The number of primary amides is 1. The summed E-state index contributed by atoms with van der Waals surface area (Å²) in [6.07, 6.45) is -1.91. The largest absolute Gasteiger partial charge is 0.495 e. The number of guanidine groups is 1. The molecule has 0 unspecified atom stereocenters. The zero-order chi connectivity index (χ0) is 31.4. The molecular formula is C30H28F4N6O3. The van der Waals surface area contributed by atoms with E-state index in [9.17, 15) is 22.4 Å². The van der Waals surface area contributed by atoms with Crippen LogP contribution in [0.1, 0.15) is 21.5 Å². The first-order valence-corrected chi connectivity index (χ1v) is 12.6. The van der Waals surface area contributed by atoms with Crippen LogP contribution in [0.15, 0.2) is 90.1 Å². The SMILES string of the molecule is COc1cc(C(=O)NCC(F)(F)F)ccc1NC(N)=Nc1ccc(-c2ccc(Cc3ccc(F)cc3)cc2)cn1.NC=O. The number of benzene rings is 3. The molecule has 0 saturated heterocycles. The van der Waals surface area contributed by atoms with Gasteiger partial charge in [0.15, 0.2) is 11.8 Å². The number of carbonyl (C=O) groups is 2. The number of methoxy groups -OCH3 is 1. The quantitative estimate of drug-likeness (QED) is 0.0982. The predicted molar refractivity (Wildman–Crippen MR) is 155 cm³/mol. The number of pyridine rings is 1. The minimum absolute atomic E-state index is 0.0112. The number of anilines is 1. The molecular weight excluding hydrogens is 568 g/mol. The first-order chi connectivity index (χ1) is 20.5. The summed E-state index contributed by atoms with van der Waals surface area (Å²) in [5, 5.41) is 4.64. The van der Waals surface area contributed by atoms with Gasteiger partial charge in [0.2, 0.25) is 6.41 Å². The van der Waals surface area contributed by atoms with Crippen molar-refractivity contribution in [3.63, 3.8) is 0 Å². The van der Waals surface area contributed by atoms with Crippen LogP contribution in [0.3, 0.4) is 0 Å². The van der Waals surface area contributed by atoms with Gasteiger partial charge in [-0.3, -0.25) is 9.59 Å². The molecule has 9 nitrogen and oxygen atoms in total. The normalized spacial score (nSPS) is 11.1. The molecule has 0 bridgehead atoms. The number of aromatic nitrogens is 1. The highest BCUT2D eigenvalue weighted by Gasteiger charge is 2.28. The van der Waals surface area contributed by atoms with Gasteiger partial charge in [0.05, 0.1) is 12.8 Å². The molecule has 6 N–H and O–H groups in total. The molecule has 0 fully saturated rings. The maximum atomic E-state index is 13.1. The Labute approximate surface area is 244 Å². The van der Waals surface area contributed by atoms with Gasteiger partial charge in [0.1, 0.15) is 18.1 Å². The molecule has 3 aromatic carbocycles.